The molecule has 0 heterocycles. The van der Waals surface area contributed by atoms with E-state index in [1.165, 1.54) is 0 Å². The molecule has 0 saturated heterocycles. The van der Waals surface area contributed by atoms with Gasteiger partial charge in [0.25, 0.3) is 0 Å². The number of methoxy groups -OCH3 is 1. The molecule has 0 saturated carbocycles. The summed E-state index contributed by atoms with van der Waals surface area (Å²) >= 11 is 0. The molecule has 0 spiro atoms. The zero-order chi connectivity index (χ0) is 24.4. The van der Waals surface area contributed by atoms with E-state index in [0.29, 0.717) is 12.1 Å². The number of hydrogen-bond acceptors (Lipinski definition) is 8. The van der Waals surface area contributed by atoms with Crippen molar-refractivity contribution < 1.29 is 61.1 Å². The van der Waals surface area contributed by atoms with Crippen LogP contribution in [0.3, 0.4) is 0 Å². The zero-order valence-corrected chi connectivity index (χ0v) is 17.6. The third kappa shape index (κ3) is 6.88. The molecule has 0 bridgehead atoms. The van der Waals surface area contributed by atoms with Gasteiger partial charge in [0.1, 0.15) is 11.5 Å². The summed E-state index contributed by atoms with van der Waals surface area (Å²) in [6.07, 6.45) is -0.0480. The van der Waals surface area contributed by atoms with Crippen LogP contribution in [-0.2, 0) is 29.8 Å². The monoisotopic (exact) mass is 502 g/mol. The molecular formula is C15H16F6O8S2. The second-order valence-electron chi connectivity index (χ2n) is 6.41. The highest BCUT2D eigenvalue weighted by atomic mass is 32.2. The van der Waals surface area contributed by atoms with Crippen molar-refractivity contribution in [3.8, 4) is 11.5 Å². The van der Waals surface area contributed by atoms with Gasteiger partial charge in [-0.05, 0) is 30.0 Å². The third-order valence-corrected chi connectivity index (χ3v) is 5.43. The molecule has 0 N–H and O–H groups in total. The molecule has 0 aromatic heterocycles. The molecule has 16 heteroatoms. The second-order valence-corrected chi connectivity index (χ2v) is 9.49. The molecule has 1 aromatic rings. The molecule has 31 heavy (non-hydrogen) atoms. The van der Waals surface area contributed by atoms with Crippen molar-refractivity contribution in [1.29, 1.82) is 0 Å². The van der Waals surface area contributed by atoms with Crippen LogP contribution in [0.25, 0.3) is 0 Å². The fourth-order valence-electron chi connectivity index (χ4n) is 2.22. The summed E-state index contributed by atoms with van der Waals surface area (Å²) in [4.78, 5) is 12.1. The Morgan fingerprint density at radius 2 is 1.26 bits per heavy atom. The van der Waals surface area contributed by atoms with E-state index in [1.807, 2.05) is 0 Å². The standard InChI is InChI=1S/C15H16F6O8S2/c1-8(2)4-12(13(22)27-3)9-5-10(28-30(23,24)14(16,17)18)7-11(6-9)29-31(25,26)15(19,20)21/h5-8,12H,4H2,1-3H3. The third-order valence-electron chi connectivity index (χ3n) is 3.48. The number of rotatable bonds is 8. The molecule has 0 aliphatic heterocycles. The average molecular weight is 502 g/mol. The first-order valence-corrected chi connectivity index (χ1v) is 10.9. The molecule has 0 aliphatic carbocycles. The minimum Gasteiger partial charge on any atom is -0.469 e. The van der Waals surface area contributed by atoms with Crippen molar-refractivity contribution in [2.75, 3.05) is 7.11 Å². The normalized spacial score (nSPS) is 14.3. The van der Waals surface area contributed by atoms with Crippen molar-refractivity contribution in [1.82, 2.24) is 0 Å². The van der Waals surface area contributed by atoms with Gasteiger partial charge in [0.2, 0.25) is 0 Å². The topological polar surface area (TPSA) is 113 Å². The molecule has 1 unspecified atom stereocenters. The minimum atomic E-state index is -6.27. The maximum absolute atomic E-state index is 12.6. The van der Waals surface area contributed by atoms with Gasteiger partial charge < -0.3 is 13.1 Å². The van der Waals surface area contributed by atoms with Crippen LogP contribution in [0.5, 0.6) is 11.5 Å². The van der Waals surface area contributed by atoms with Crippen LogP contribution in [0, 0.1) is 5.92 Å². The first-order chi connectivity index (χ1) is 13.8. The molecule has 0 aliphatic rings. The Morgan fingerprint density at radius 1 is 0.871 bits per heavy atom. The molecule has 178 valence electrons. The van der Waals surface area contributed by atoms with Crippen LogP contribution in [-0.4, -0.2) is 40.9 Å². The van der Waals surface area contributed by atoms with Gasteiger partial charge >= 0.3 is 37.2 Å². The molecule has 1 rings (SSSR count). The quantitative estimate of drug-likeness (QED) is 0.230. The maximum atomic E-state index is 12.6. The summed E-state index contributed by atoms with van der Waals surface area (Å²) in [5, 5.41) is 0. The van der Waals surface area contributed by atoms with Gasteiger partial charge in [-0.2, -0.15) is 43.2 Å². The number of ether oxygens (including phenoxy) is 1. The van der Waals surface area contributed by atoms with Crippen molar-refractivity contribution in [2.24, 2.45) is 5.92 Å². The predicted octanol–water partition coefficient (Wildman–Crippen LogP) is 3.45. The summed E-state index contributed by atoms with van der Waals surface area (Å²) in [7, 11) is -11.6. The summed E-state index contributed by atoms with van der Waals surface area (Å²) in [6.45, 7) is 3.24. The second kappa shape index (κ2) is 9.10. The Balaban J connectivity index is 3.65. The van der Waals surface area contributed by atoms with E-state index in [9.17, 15) is 48.0 Å². The molecule has 8 nitrogen and oxygen atoms in total. The molecule has 0 amide bonds. The maximum Gasteiger partial charge on any atom is 0.534 e. The van der Waals surface area contributed by atoms with E-state index in [4.69, 9.17) is 0 Å². The lowest BCUT2D eigenvalue weighted by atomic mass is 9.90. The lowest BCUT2D eigenvalue weighted by Crippen LogP contribution is -2.29. The fourth-order valence-corrected chi connectivity index (χ4v) is 3.11. The van der Waals surface area contributed by atoms with Crippen LogP contribution in [0.4, 0.5) is 26.3 Å². The van der Waals surface area contributed by atoms with E-state index >= 15 is 0 Å². The number of benzene rings is 1. The number of hydrogen-bond donors (Lipinski definition) is 0. The molecule has 1 aromatic carbocycles. The number of carbonyl (C=O) groups is 1. The van der Waals surface area contributed by atoms with Crippen LogP contribution in [0.2, 0.25) is 0 Å². The summed E-state index contributed by atoms with van der Waals surface area (Å²) < 4.78 is 133. The molecule has 1 atom stereocenters. The van der Waals surface area contributed by atoms with Gasteiger partial charge in [-0.25, -0.2) is 0 Å². The molecule has 0 fully saturated rings. The summed E-state index contributed by atoms with van der Waals surface area (Å²) in [5.41, 5.74) is -12.2. The van der Waals surface area contributed by atoms with Crippen molar-refractivity contribution in [2.45, 2.75) is 37.2 Å². The number of alkyl halides is 6. The number of carbonyl (C=O) groups excluding carboxylic acids is 1. The van der Waals surface area contributed by atoms with Crippen LogP contribution in [0.15, 0.2) is 18.2 Å². The first kappa shape index (κ1) is 26.8. The van der Waals surface area contributed by atoms with Gasteiger partial charge in [-0.3, -0.25) is 4.79 Å². The van der Waals surface area contributed by atoms with Crippen molar-refractivity contribution in [3.63, 3.8) is 0 Å². The van der Waals surface area contributed by atoms with E-state index in [0.717, 1.165) is 7.11 Å². The smallest absolute Gasteiger partial charge is 0.469 e. The van der Waals surface area contributed by atoms with Gasteiger partial charge in [0.15, 0.2) is 0 Å². The van der Waals surface area contributed by atoms with Crippen molar-refractivity contribution >= 4 is 26.2 Å². The fraction of sp³-hybridized carbons (Fsp3) is 0.533. The average Bonchev–Trinajstić information content (AvgIpc) is 2.55. The lowest BCUT2D eigenvalue weighted by Gasteiger charge is -2.19. The Labute approximate surface area is 173 Å². The lowest BCUT2D eigenvalue weighted by molar-refractivity contribution is -0.142. The molecular weight excluding hydrogens is 486 g/mol. The van der Waals surface area contributed by atoms with Crippen LogP contribution in [0.1, 0.15) is 31.7 Å². The van der Waals surface area contributed by atoms with E-state index in [2.05, 4.69) is 13.1 Å². The molecule has 0 radical (unpaired) electrons. The Morgan fingerprint density at radius 3 is 1.55 bits per heavy atom. The highest BCUT2D eigenvalue weighted by molar-refractivity contribution is 7.88. The minimum absolute atomic E-state index is 0.0480. The van der Waals surface area contributed by atoms with Gasteiger partial charge in [-0.1, -0.05) is 13.8 Å². The van der Waals surface area contributed by atoms with Gasteiger partial charge in [0.05, 0.1) is 13.0 Å². The predicted molar refractivity (Wildman–Crippen MR) is 91.9 cm³/mol. The summed E-state index contributed by atoms with van der Waals surface area (Å²) in [6, 6.07) is 1.40. The number of halogens is 6. The highest BCUT2D eigenvalue weighted by Crippen LogP contribution is 2.36. The highest BCUT2D eigenvalue weighted by Gasteiger charge is 2.50. The van der Waals surface area contributed by atoms with E-state index < -0.39 is 60.2 Å². The van der Waals surface area contributed by atoms with Gasteiger partial charge in [0, 0.05) is 6.07 Å². The van der Waals surface area contributed by atoms with Crippen LogP contribution >= 0.6 is 0 Å². The van der Waals surface area contributed by atoms with E-state index in [1.54, 1.807) is 13.8 Å². The summed E-state index contributed by atoms with van der Waals surface area (Å²) in [5.74, 6) is -5.03. The van der Waals surface area contributed by atoms with Crippen molar-refractivity contribution in [3.05, 3.63) is 23.8 Å². The van der Waals surface area contributed by atoms with E-state index in [-0.39, 0.29) is 18.4 Å². The largest absolute Gasteiger partial charge is 0.534 e. The Bertz CT molecular complexity index is 949. The first-order valence-electron chi connectivity index (χ1n) is 8.05. The van der Waals surface area contributed by atoms with Gasteiger partial charge in [-0.15, -0.1) is 0 Å². The Kier molecular flexibility index (Phi) is 7.87. The SMILES string of the molecule is COC(=O)C(CC(C)C)c1cc(OS(=O)(=O)C(F)(F)F)cc(OS(=O)(=O)C(F)(F)F)c1. The Hall–Kier alpha value is -2.23. The van der Waals surface area contributed by atoms with Crippen LogP contribution < -0.4 is 8.37 Å². The zero-order valence-electron chi connectivity index (χ0n) is 15.9. The number of esters is 1.